The SMILES string of the molecule is NCCCNCCCCNCCCNC(=O)NCCS. The molecule has 0 heterocycles. The van der Waals surface area contributed by atoms with E-state index < -0.39 is 0 Å². The zero-order valence-corrected chi connectivity index (χ0v) is 13.3. The van der Waals surface area contributed by atoms with Crippen molar-refractivity contribution in [2.75, 3.05) is 51.6 Å². The van der Waals surface area contributed by atoms with E-state index in [1.54, 1.807) is 0 Å². The largest absolute Gasteiger partial charge is 0.338 e. The number of rotatable bonds is 14. The van der Waals surface area contributed by atoms with Gasteiger partial charge in [-0.05, 0) is 58.4 Å². The van der Waals surface area contributed by atoms with Crippen LogP contribution in [0.5, 0.6) is 0 Å². The first kappa shape index (κ1) is 19.5. The molecule has 0 fully saturated rings. The van der Waals surface area contributed by atoms with E-state index in [4.69, 9.17) is 5.73 Å². The molecule has 0 saturated carbocycles. The van der Waals surface area contributed by atoms with Crippen LogP contribution in [0.2, 0.25) is 0 Å². The summed E-state index contributed by atoms with van der Waals surface area (Å²) in [5, 5.41) is 12.2. The highest BCUT2D eigenvalue weighted by molar-refractivity contribution is 7.80. The molecule has 0 aromatic rings. The molecular weight excluding hydrogens is 274 g/mol. The number of unbranched alkanes of at least 4 members (excludes halogenated alkanes) is 1. The minimum atomic E-state index is -0.109. The van der Waals surface area contributed by atoms with Gasteiger partial charge in [0.2, 0.25) is 0 Å². The smallest absolute Gasteiger partial charge is 0.314 e. The maximum atomic E-state index is 11.2. The highest BCUT2D eigenvalue weighted by atomic mass is 32.1. The molecular formula is C13H31N5OS. The second kappa shape index (κ2) is 16.6. The van der Waals surface area contributed by atoms with E-state index in [1.165, 1.54) is 12.8 Å². The van der Waals surface area contributed by atoms with E-state index >= 15 is 0 Å². The summed E-state index contributed by atoms with van der Waals surface area (Å²) in [5.41, 5.74) is 5.41. The third kappa shape index (κ3) is 15.6. The number of nitrogens with two attached hydrogens (primary N) is 1. The molecule has 0 bridgehead atoms. The van der Waals surface area contributed by atoms with E-state index in [0.717, 1.165) is 45.6 Å². The van der Waals surface area contributed by atoms with Crippen molar-refractivity contribution in [1.29, 1.82) is 0 Å². The summed E-state index contributed by atoms with van der Waals surface area (Å²) in [7, 11) is 0. The molecule has 0 aliphatic heterocycles. The minimum Gasteiger partial charge on any atom is -0.338 e. The molecule has 0 saturated heterocycles. The van der Waals surface area contributed by atoms with E-state index in [1.807, 2.05) is 0 Å². The van der Waals surface area contributed by atoms with Crippen LogP contribution in [-0.4, -0.2) is 57.6 Å². The van der Waals surface area contributed by atoms with Gasteiger partial charge in [0.05, 0.1) is 0 Å². The number of hydrogen-bond acceptors (Lipinski definition) is 5. The fraction of sp³-hybridized carbons (Fsp3) is 0.923. The Morgan fingerprint density at radius 2 is 1.35 bits per heavy atom. The Kier molecular flexibility index (Phi) is 16.1. The highest BCUT2D eigenvalue weighted by Gasteiger charge is 1.96. The van der Waals surface area contributed by atoms with Crippen molar-refractivity contribution in [3.63, 3.8) is 0 Å². The summed E-state index contributed by atoms with van der Waals surface area (Å²) in [6.45, 7) is 6.12. The number of carbonyl (C=O) groups excluding carboxylic acids is 1. The number of amides is 2. The number of carbonyl (C=O) groups is 1. The monoisotopic (exact) mass is 305 g/mol. The van der Waals surface area contributed by atoms with E-state index in [9.17, 15) is 4.79 Å². The molecule has 0 aliphatic carbocycles. The third-order valence-electron chi connectivity index (χ3n) is 2.73. The summed E-state index contributed by atoms with van der Waals surface area (Å²) in [4.78, 5) is 11.2. The van der Waals surface area contributed by atoms with Crippen LogP contribution >= 0.6 is 12.6 Å². The Morgan fingerprint density at radius 1 is 0.800 bits per heavy atom. The predicted molar refractivity (Wildman–Crippen MR) is 88.5 cm³/mol. The van der Waals surface area contributed by atoms with Crippen molar-refractivity contribution in [3.8, 4) is 0 Å². The molecule has 0 atom stereocenters. The summed E-state index contributed by atoms with van der Waals surface area (Å²) in [5.74, 6) is 0.663. The quantitative estimate of drug-likeness (QED) is 0.200. The standard InChI is InChI=1S/C13H31N5OS/c14-5-3-8-15-6-1-2-7-16-9-4-10-17-13(19)18-11-12-20/h15-16,20H,1-12,14H2,(H2,17,18,19). The van der Waals surface area contributed by atoms with Gasteiger partial charge in [-0.15, -0.1) is 0 Å². The second-order valence-electron chi connectivity index (χ2n) is 4.61. The second-order valence-corrected chi connectivity index (χ2v) is 5.06. The van der Waals surface area contributed by atoms with Crippen LogP contribution in [0.1, 0.15) is 25.7 Å². The first-order chi connectivity index (χ1) is 9.81. The number of nitrogens with one attached hydrogen (secondary N) is 4. The molecule has 0 aromatic heterocycles. The predicted octanol–water partition coefficient (Wildman–Crippen LogP) is -0.0863. The maximum absolute atomic E-state index is 11.2. The molecule has 0 rings (SSSR count). The first-order valence-electron chi connectivity index (χ1n) is 7.55. The molecule has 0 radical (unpaired) electrons. The van der Waals surface area contributed by atoms with Gasteiger partial charge in [0.15, 0.2) is 0 Å². The summed E-state index contributed by atoms with van der Waals surface area (Å²) >= 11 is 4.02. The van der Waals surface area contributed by atoms with Crippen LogP contribution in [0.3, 0.4) is 0 Å². The average molecular weight is 305 g/mol. The van der Waals surface area contributed by atoms with Crippen LogP contribution in [0.25, 0.3) is 0 Å². The summed E-state index contributed by atoms with van der Waals surface area (Å²) in [6, 6.07) is -0.109. The highest BCUT2D eigenvalue weighted by Crippen LogP contribution is 1.85. The van der Waals surface area contributed by atoms with Crippen LogP contribution in [0, 0.1) is 0 Å². The minimum absolute atomic E-state index is 0.109. The lowest BCUT2D eigenvalue weighted by atomic mass is 10.3. The van der Waals surface area contributed by atoms with Crippen molar-refractivity contribution >= 4 is 18.7 Å². The van der Waals surface area contributed by atoms with E-state index in [2.05, 4.69) is 33.9 Å². The lowest BCUT2D eigenvalue weighted by Crippen LogP contribution is -2.37. The molecule has 0 aliphatic rings. The van der Waals surface area contributed by atoms with Crippen molar-refractivity contribution in [1.82, 2.24) is 21.3 Å². The molecule has 0 aromatic carbocycles. The van der Waals surface area contributed by atoms with Gasteiger partial charge in [0.1, 0.15) is 0 Å². The van der Waals surface area contributed by atoms with Crippen molar-refractivity contribution in [3.05, 3.63) is 0 Å². The molecule has 0 unspecified atom stereocenters. The molecule has 20 heavy (non-hydrogen) atoms. The number of urea groups is 1. The van der Waals surface area contributed by atoms with Crippen molar-refractivity contribution in [2.45, 2.75) is 25.7 Å². The van der Waals surface area contributed by atoms with Gasteiger partial charge in [-0.25, -0.2) is 4.79 Å². The normalized spacial score (nSPS) is 10.5. The molecule has 6 nitrogen and oxygen atoms in total. The van der Waals surface area contributed by atoms with Crippen LogP contribution in [0.4, 0.5) is 4.79 Å². The van der Waals surface area contributed by atoms with Crippen LogP contribution < -0.4 is 27.0 Å². The lowest BCUT2D eigenvalue weighted by molar-refractivity contribution is 0.241. The van der Waals surface area contributed by atoms with Crippen molar-refractivity contribution in [2.24, 2.45) is 5.73 Å². The zero-order valence-electron chi connectivity index (χ0n) is 12.4. The topological polar surface area (TPSA) is 91.2 Å². The number of hydrogen-bond donors (Lipinski definition) is 6. The Morgan fingerprint density at radius 3 is 1.95 bits per heavy atom. The molecule has 6 N–H and O–H groups in total. The Labute approximate surface area is 128 Å². The molecule has 2 amide bonds. The van der Waals surface area contributed by atoms with Crippen LogP contribution in [-0.2, 0) is 0 Å². The maximum Gasteiger partial charge on any atom is 0.314 e. The third-order valence-corrected chi connectivity index (χ3v) is 2.95. The van der Waals surface area contributed by atoms with Gasteiger partial charge in [0, 0.05) is 18.8 Å². The fourth-order valence-corrected chi connectivity index (χ4v) is 1.74. The average Bonchev–Trinajstić information content (AvgIpc) is 2.46. The van der Waals surface area contributed by atoms with Crippen LogP contribution in [0.15, 0.2) is 0 Å². The molecule has 120 valence electrons. The van der Waals surface area contributed by atoms with Gasteiger partial charge in [-0.3, -0.25) is 0 Å². The van der Waals surface area contributed by atoms with Gasteiger partial charge >= 0.3 is 6.03 Å². The van der Waals surface area contributed by atoms with E-state index in [0.29, 0.717) is 18.8 Å². The summed E-state index contributed by atoms with van der Waals surface area (Å²) < 4.78 is 0. The summed E-state index contributed by atoms with van der Waals surface area (Å²) in [6.07, 6.45) is 4.35. The Bertz CT molecular complexity index is 219. The van der Waals surface area contributed by atoms with E-state index in [-0.39, 0.29) is 6.03 Å². The Balaban J connectivity index is 3.04. The van der Waals surface area contributed by atoms with Gasteiger partial charge < -0.3 is 27.0 Å². The zero-order chi connectivity index (χ0) is 14.9. The van der Waals surface area contributed by atoms with Gasteiger partial charge in [0.25, 0.3) is 0 Å². The fourth-order valence-electron chi connectivity index (χ4n) is 1.62. The van der Waals surface area contributed by atoms with Gasteiger partial charge in [-0.1, -0.05) is 0 Å². The lowest BCUT2D eigenvalue weighted by Gasteiger charge is -2.07. The van der Waals surface area contributed by atoms with Gasteiger partial charge in [-0.2, -0.15) is 12.6 Å². The molecule has 7 heteroatoms. The van der Waals surface area contributed by atoms with Crippen molar-refractivity contribution < 1.29 is 4.79 Å². The Hall–Kier alpha value is -0.500. The first-order valence-corrected chi connectivity index (χ1v) is 8.18. The molecule has 0 spiro atoms. The number of thiol groups is 1.